The molecule has 94 valence electrons. The molecule has 1 amide bonds. The maximum Gasteiger partial charge on any atom is 0.222 e. The van der Waals surface area contributed by atoms with Crippen molar-refractivity contribution < 1.29 is 4.79 Å². The Kier molecular flexibility index (Phi) is 6.46. The maximum absolute atomic E-state index is 11.9. The largest absolute Gasteiger partial charge is 0.340 e. The molecule has 1 atom stereocenters. The van der Waals surface area contributed by atoms with Gasteiger partial charge in [0.1, 0.15) is 0 Å². The second kappa shape index (κ2) is 7.66. The van der Waals surface area contributed by atoms with E-state index in [9.17, 15) is 4.79 Å². The first-order valence-corrected chi connectivity index (χ1v) is 6.79. The summed E-state index contributed by atoms with van der Waals surface area (Å²) >= 11 is 0. The van der Waals surface area contributed by atoms with Crippen LogP contribution in [0.2, 0.25) is 0 Å². The summed E-state index contributed by atoms with van der Waals surface area (Å²) in [6, 6.07) is 0.525. The molecular weight excluding hydrogens is 200 g/mol. The molecule has 0 aromatic carbocycles. The summed E-state index contributed by atoms with van der Waals surface area (Å²) in [4.78, 5) is 14.0. The fourth-order valence-corrected chi connectivity index (χ4v) is 2.51. The van der Waals surface area contributed by atoms with Gasteiger partial charge < -0.3 is 10.6 Å². The van der Waals surface area contributed by atoms with Crippen molar-refractivity contribution in [1.82, 2.24) is 4.90 Å². The van der Waals surface area contributed by atoms with Gasteiger partial charge >= 0.3 is 0 Å². The first-order valence-electron chi connectivity index (χ1n) is 6.79. The average molecular weight is 226 g/mol. The van der Waals surface area contributed by atoms with Crippen molar-refractivity contribution in [3.63, 3.8) is 0 Å². The number of likely N-dealkylation sites (tertiary alicyclic amines) is 1. The van der Waals surface area contributed by atoms with E-state index in [1.54, 1.807) is 0 Å². The van der Waals surface area contributed by atoms with Crippen LogP contribution in [0, 0.1) is 0 Å². The molecule has 0 aromatic heterocycles. The van der Waals surface area contributed by atoms with E-state index in [0.717, 1.165) is 45.2 Å². The van der Waals surface area contributed by atoms with Crippen LogP contribution >= 0.6 is 0 Å². The Labute approximate surface area is 99.4 Å². The standard InChI is InChI=1S/C13H26N2O/c1-2-12-8-7-11-15(12)13(16)9-5-3-4-6-10-14/h12H,2-11,14H2,1H3. The van der Waals surface area contributed by atoms with Gasteiger partial charge in [-0.15, -0.1) is 0 Å². The van der Waals surface area contributed by atoms with E-state index < -0.39 is 0 Å². The summed E-state index contributed by atoms with van der Waals surface area (Å²) in [5, 5.41) is 0. The first-order chi connectivity index (χ1) is 7.79. The van der Waals surface area contributed by atoms with Gasteiger partial charge in [-0.25, -0.2) is 0 Å². The fraction of sp³-hybridized carbons (Fsp3) is 0.923. The molecule has 1 aliphatic rings. The predicted octanol–water partition coefficient (Wildman–Crippen LogP) is 2.30. The third-order valence-corrected chi connectivity index (χ3v) is 3.51. The molecule has 1 aliphatic heterocycles. The fourth-order valence-electron chi connectivity index (χ4n) is 2.51. The number of hydrogen-bond acceptors (Lipinski definition) is 2. The maximum atomic E-state index is 11.9. The zero-order chi connectivity index (χ0) is 11.8. The van der Waals surface area contributed by atoms with Crippen LogP contribution in [0.5, 0.6) is 0 Å². The molecule has 3 nitrogen and oxygen atoms in total. The Hall–Kier alpha value is -0.570. The lowest BCUT2D eigenvalue weighted by Gasteiger charge is -2.23. The van der Waals surface area contributed by atoms with E-state index in [2.05, 4.69) is 11.8 Å². The summed E-state index contributed by atoms with van der Waals surface area (Å²) < 4.78 is 0. The summed E-state index contributed by atoms with van der Waals surface area (Å²) in [6.45, 7) is 3.94. The molecule has 1 saturated heterocycles. The predicted molar refractivity (Wildman–Crippen MR) is 67.2 cm³/mol. The van der Waals surface area contributed by atoms with E-state index in [4.69, 9.17) is 5.73 Å². The van der Waals surface area contributed by atoms with Crippen LogP contribution in [0.1, 0.15) is 58.3 Å². The Morgan fingerprint density at radius 3 is 2.75 bits per heavy atom. The Bertz CT molecular complexity index is 206. The SMILES string of the molecule is CCC1CCCN1C(=O)CCCCCCN. The third kappa shape index (κ3) is 4.12. The number of carbonyl (C=O) groups is 1. The van der Waals surface area contributed by atoms with E-state index in [1.807, 2.05) is 0 Å². The highest BCUT2D eigenvalue weighted by Gasteiger charge is 2.26. The number of nitrogens with two attached hydrogens (primary N) is 1. The van der Waals surface area contributed by atoms with Crippen molar-refractivity contribution >= 4 is 5.91 Å². The van der Waals surface area contributed by atoms with Gasteiger partial charge in [-0.3, -0.25) is 4.79 Å². The Morgan fingerprint density at radius 2 is 2.06 bits per heavy atom. The van der Waals surface area contributed by atoms with Crippen LogP contribution in [0.4, 0.5) is 0 Å². The summed E-state index contributed by atoms with van der Waals surface area (Å²) in [5.74, 6) is 0.372. The van der Waals surface area contributed by atoms with Crippen LogP contribution in [0.25, 0.3) is 0 Å². The average Bonchev–Trinajstić information content (AvgIpc) is 2.76. The molecule has 16 heavy (non-hydrogen) atoms. The van der Waals surface area contributed by atoms with Gasteiger partial charge in [-0.1, -0.05) is 19.8 Å². The zero-order valence-corrected chi connectivity index (χ0v) is 10.6. The number of rotatable bonds is 7. The normalized spacial score (nSPS) is 20.4. The number of carbonyl (C=O) groups excluding carboxylic acids is 1. The molecule has 0 saturated carbocycles. The van der Waals surface area contributed by atoms with Crippen molar-refractivity contribution in [2.45, 2.75) is 64.3 Å². The molecule has 1 unspecified atom stereocenters. The first kappa shape index (κ1) is 13.5. The van der Waals surface area contributed by atoms with Gasteiger partial charge in [0.25, 0.3) is 0 Å². The molecule has 1 heterocycles. The number of unbranched alkanes of at least 4 members (excludes halogenated alkanes) is 3. The molecule has 0 aromatic rings. The van der Waals surface area contributed by atoms with Gasteiger partial charge in [0.15, 0.2) is 0 Å². The van der Waals surface area contributed by atoms with Crippen molar-refractivity contribution in [2.75, 3.05) is 13.1 Å². The van der Waals surface area contributed by atoms with Crippen LogP contribution in [-0.4, -0.2) is 29.9 Å². The summed E-state index contributed by atoms with van der Waals surface area (Å²) in [7, 11) is 0. The van der Waals surface area contributed by atoms with Gasteiger partial charge in [0.2, 0.25) is 5.91 Å². The van der Waals surface area contributed by atoms with E-state index >= 15 is 0 Å². The minimum atomic E-state index is 0.372. The van der Waals surface area contributed by atoms with Crippen LogP contribution in [-0.2, 0) is 4.79 Å². The van der Waals surface area contributed by atoms with Crippen LogP contribution in [0.15, 0.2) is 0 Å². The molecule has 0 spiro atoms. The minimum absolute atomic E-state index is 0.372. The monoisotopic (exact) mass is 226 g/mol. The lowest BCUT2D eigenvalue weighted by Crippen LogP contribution is -2.34. The third-order valence-electron chi connectivity index (χ3n) is 3.51. The van der Waals surface area contributed by atoms with Crippen molar-refractivity contribution in [2.24, 2.45) is 5.73 Å². The molecule has 3 heteroatoms. The molecule has 1 rings (SSSR count). The minimum Gasteiger partial charge on any atom is -0.340 e. The van der Waals surface area contributed by atoms with Crippen molar-refractivity contribution in [1.29, 1.82) is 0 Å². The molecule has 0 aliphatic carbocycles. The van der Waals surface area contributed by atoms with Gasteiger partial charge in [0.05, 0.1) is 0 Å². The highest BCUT2D eigenvalue weighted by atomic mass is 16.2. The Balaban J connectivity index is 2.14. The Morgan fingerprint density at radius 1 is 1.31 bits per heavy atom. The number of amides is 1. The van der Waals surface area contributed by atoms with Crippen LogP contribution in [0.3, 0.4) is 0 Å². The quantitative estimate of drug-likeness (QED) is 0.677. The van der Waals surface area contributed by atoms with Crippen molar-refractivity contribution in [3.8, 4) is 0 Å². The number of hydrogen-bond donors (Lipinski definition) is 1. The lowest BCUT2D eigenvalue weighted by atomic mass is 10.1. The topological polar surface area (TPSA) is 46.3 Å². The van der Waals surface area contributed by atoms with E-state index in [0.29, 0.717) is 11.9 Å². The second-order valence-corrected chi connectivity index (χ2v) is 4.74. The van der Waals surface area contributed by atoms with Gasteiger partial charge in [0, 0.05) is 19.0 Å². The molecule has 0 bridgehead atoms. The smallest absolute Gasteiger partial charge is 0.222 e. The number of nitrogens with zero attached hydrogens (tertiary/aromatic N) is 1. The molecule has 1 fully saturated rings. The van der Waals surface area contributed by atoms with Crippen LogP contribution < -0.4 is 5.73 Å². The zero-order valence-electron chi connectivity index (χ0n) is 10.6. The summed E-state index contributed by atoms with van der Waals surface area (Å²) in [6.07, 6.45) is 8.68. The summed E-state index contributed by atoms with van der Waals surface area (Å²) in [5.41, 5.74) is 5.43. The highest BCUT2D eigenvalue weighted by molar-refractivity contribution is 5.76. The van der Waals surface area contributed by atoms with Crippen molar-refractivity contribution in [3.05, 3.63) is 0 Å². The molecule has 2 N–H and O–H groups in total. The lowest BCUT2D eigenvalue weighted by molar-refractivity contribution is -0.132. The second-order valence-electron chi connectivity index (χ2n) is 4.74. The van der Waals surface area contributed by atoms with E-state index in [-0.39, 0.29) is 0 Å². The van der Waals surface area contributed by atoms with Gasteiger partial charge in [-0.05, 0) is 38.6 Å². The van der Waals surface area contributed by atoms with E-state index in [1.165, 1.54) is 19.3 Å². The van der Waals surface area contributed by atoms with Gasteiger partial charge in [-0.2, -0.15) is 0 Å². The highest BCUT2D eigenvalue weighted by Crippen LogP contribution is 2.21. The molecule has 0 radical (unpaired) electrons. The molecular formula is C13H26N2O.